The first-order chi connectivity index (χ1) is 13.1. The third-order valence-electron chi connectivity index (χ3n) is 4.29. The maximum atomic E-state index is 12.9. The molecule has 0 aliphatic rings. The van der Waals surface area contributed by atoms with E-state index in [1.54, 1.807) is 30.3 Å². The molecule has 0 bridgehead atoms. The zero-order chi connectivity index (χ0) is 18.9. The summed E-state index contributed by atoms with van der Waals surface area (Å²) in [5, 5.41) is 0. The Kier molecular flexibility index (Phi) is 4.37. The molecule has 4 rings (SSSR count). The fourth-order valence-corrected chi connectivity index (χ4v) is 4.27. The fourth-order valence-electron chi connectivity index (χ4n) is 2.87. The van der Waals surface area contributed by atoms with Crippen LogP contribution in [0.2, 0.25) is 0 Å². The number of hydrogen-bond donors (Lipinski definition) is 1. The molecule has 0 aliphatic carbocycles. The Bertz CT molecular complexity index is 1170. The predicted octanol–water partition coefficient (Wildman–Crippen LogP) is 3.93. The third kappa shape index (κ3) is 3.17. The second-order valence-electron chi connectivity index (χ2n) is 6.04. The SMILES string of the molecule is CC(Oc1ncnc2c(S(=O)(=O)c3ccccc3)c[nH]c12)c1ccccc1. The molecule has 0 radical (unpaired) electrons. The third-order valence-corrected chi connectivity index (χ3v) is 6.08. The largest absolute Gasteiger partial charge is 0.468 e. The Balaban J connectivity index is 1.74. The molecule has 1 atom stereocenters. The van der Waals surface area contributed by atoms with E-state index in [1.165, 1.54) is 12.5 Å². The highest BCUT2D eigenvalue weighted by molar-refractivity contribution is 7.91. The molecule has 0 aliphatic heterocycles. The van der Waals surface area contributed by atoms with Crippen molar-refractivity contribution in [3.63, 3.8) is 0 Å². The average Bonchev–Trinajstić information content (AvgIpc) is 3.15. The van der Waals surface area contributed by atoms with Gasteiger partial charge in [-0.2, -0.15) is 4.98 Å². The van der Waals surface area contributed by atoms with Crippen LogP contribution in [0.5, 0.6) is 5.88 Å². The van der Waals surface area contributed by atoms with Crippen LogP contribution in [0.1, 0.15) is 18.6 Å². The van der Waals surface area contributed by atoms with Crippen molar-refractivity contribution in [2.45, 2.75) is 22.8 Å². The maximum absolute atomic E-state index is 12.9. The van der Waals surface area contributed by atoms with Crippen LogP contribution in [0.15, 0.2) is 83.0 Å². The first-order valence-corrected chi connectivity index (χ1v) is 9.89. The van der Waals surface area contributed by atoms with Crippen LogP contribution in [0, 0.1) is 0 Å². The topological polar surface area (TPSA) is 84.9 Å². The molecule has 0 spiro atoms. The standard InChI is InChI=1S/C20H17N3O3S/c1-14(15-8-4-2-5-9-15)26-20-19-18(22-13-23-20)17(12-21-19)27(24,25)16-10-6-3-7-11-16/h2-14,21H,1H3. The molecule has 0 fully saturated rings. The van der Waals surface area contributed by atoms with E-state index in [-0.39, 0.29) is 15.9 Å². The van der Waals surface area contributed by atoms with E-state index in [4.69, 9.17) is 4.74 Å². The molecule has 0 amide bonds. The van der Waals surface area contributed by atoms with Gasteiger partial charge in [0.1, 0.15) is 28.4 Å². The van der Waals surface area contributed by atoms with E-state index >= 15 is 0 Å². The molecular weight excluding hydrogens is 362 g/mol. The highest BCUT2D eigenvalue weighted by Gasteiger charge is 2.24. The van der Waals surface area contributed by atoms with E-state index in [2.05, 4.69) is 15.0 Å². The summed E-state index contributed by atoms with van der Waals surface area (Å²) in [6.07, 6.45) is 2.50. The van der Waals surface area contributed by atoms with Gasteiger partial charge in [-0.25, -0.2) is 13.4 Å². The maximum Gasteiger partial charge on any atom is 0.242 e. The Hall–Kier alpha value is -3.19. The van der Waals surface area contributed by atoms with Gasteiger partial charge >= 0.3 is 0 Å². The van der Waals surface area contributed by atoms with Gasteiger partial charge in [0.05, 0.1) is 4.90 Å². The van der Waals surface area contributed by atoms with Crippen molar-refractivity contribution in [2.24, 2.45) is 0 Å². The highest BCUT2D eigenvalue weighted by atomic mass is 32.2. The van der Waals surface area contributed by atoms with Crippen LogP contribution in [-0.2, 0) is 9.84 Å². The molecule has 2 heterocycles. The summed E-state index contributed by atoms with van der Waals surface area (Å²) in [5.41, 5.74) is 1.76. The number of hydrogen-bond acceptors (Lipinski definition) is 5. The van der Waals surface area contributed by atoms with Gasteiger partial charge < -0.3 is 9.72 Å². The molecule has 7 heteroatoms. The van der Waals surface area contributed by atoms with E-state index in [1.807, 2.05) is 37.3 Å². The van der Waals surface area contributed by atoms with Crippen LogP contribution in [0.25, 0.3) is 11.0 Å². The van der Waals surface area contributed by atoms with Crippen LogP contribution in [0.4, 0.5) is 0 Å². The second-order valence-corrected chi connectivity index (χ2v) is 7.96. The second kappa shape index (κ2) is 6.85. The summed E-state index contributed by atoms with van der Waals surface area (Å²) in [4.78, 5) is 11.6. The lowest BCUT2D eigenvalue weighted by atomic mass is 10.1. The minimum atomic E-state index is -3.70. The van der Waals surface area contributed by atoms with E-state index in [0.29, 0.717) is 16.9 Å². The predicted molar refractivity (Wildman–Crippen MR) is 101 cm³/mol. The van der Waals surface area contributed by atoms with Crippen molar-refractivity contribution in [1.29, 1.82) is 0 Å². The number of H-pyrrole nitrogens is 1. The van der Waals surface area contributed by atoms with Gasteiger partial charge in [-0.1, -0.05) is 48.5 Å². The van der Waals surface area contributed by atoms with Crippen molar-refractivity contribution in [1.82, 2.24) is 15.0 Å². The summed E-state index contributed by atoms with van der Waals surface area (Å²) in [6, 6.07) is 18.0. The molecule has 1 N–H and O–H groups in total. The summed E-state index contributed by atoms with van der Waals surface area (Å²) in [6.45, 7) is 1.91. The molecule has 2 aromatic heterocycles. The molecular formula is C20H17N3O3S. The van der Waals surface area contributed by atoms with Crippen molar-refractivity contribution >= 4 is 20.9 Å². The van der Waals surface area contributed by atoms with Gasteiger partial charge in [0, 0.05) is 6.20 Å². The average molecular weight is 379 g/mol. The molecule has 2 aromatic carbocycles. The minimum Gasteiger partial charge on any atom is -0.468 e. The van der Waals surface area contributed by atoms with Crippen LogP contribution >= 0.6 is 0 Å². The first kappa shape index (κ1) is 17.2. The zero-order valence-electron chi connectivity index (χ0n) is 14.5. The fraction of sp³-hybridized carbons (Fsp3) is 0.100. The van der Waals surface area contributed by atoms with Gasteiger partial charge in [-0.05, 0) is 24.6 Å². The molecule has 1 unspecified atom stereocenters. The number of nitrogens with one attached hydrogen (secondary N) is 1. The monoisotopic (exact) mass is 379 g/mol. The first-order valence-electron chi connectivity index (χ1n) is 8.41. The van der Waals surface area contributed by atoms with Gasteiger partial charge in [0.2, 0.25) is 15.7 Å². The number of nitrogens with zero attached hydrogens (tertiary/aromatic N) is 2. The van der Waals surface area contributed by atoms with Crippen LogP contribution < -0.4 is 4.74 Å². The Labute approximate surface area is 156 Å². The molecule has 136 valence electrons. The number of sulfone groups is 1. The summed E-state index contributed by atoms with van der Waals surface area (Å²) in [7, 11) is -3.70. The summed E-state index contributed by atoms with van der Waals surface area (Å²) >= 11 is 0. The molecule has 4 aromatic rings. The molecule has 0 saturated heterocycles. The number of benzene rings is 2. The van der Waals surface area contributed by atoms with Gasteiger partial charge in [0.15, 0.2) is 0 Å². The molecule has 6 nitrogen and oxygen atoms in total. The number of fused-ring (bicyclic) bond motifs is 1. The van der Waals surface area contributed by atoms with Gasteiger partial charge in [0.25, 0.3) is 0 Å². The van der Waals surface area contributed by atoms with E-state index in [9.17, 15) is 8.42 Å². The number of rotatable bonds is 5. The van der Waals surface area contributed by atoms with Crippen molar-refractivity contribution in [2.75, 3.05) is 0 Å². The number of aromatic nitrogens is 3. The van der Waals surface area contributed by atoms with Gasteiger partial charge in [-0.15, -0.1) is 0 Å². The highest BCUT2D eigenvalue weighted by Crippen LogP contribution is 2.31. The van der Waals surface area contributed by atoms with Crippen LogP contribution in [-0.4, -0.2) is 23.4 Å². The lowest BCUT2D eigenvalue weighted by molar-refractivity contribution is 0.220. The van der Waals surface area contributed by atoms with Crippen LogP contribution in [0.3, 0.4) is 0 Å². The summed E-state index contributed by atoms with van der Waals surface area (Å²) in [5.74, 6) is 0.311. The number of ether oxygens (including phenoxy) is 1. The van der Waals surface area contributed by atoms with Crippen molar-refractivity contribution in [3.05, 3.63) is 78.8 Å². The van der Waals surface area contributed by atoms with E-state index < -0.39 is 9.84 Å². The molecule has 27 heavy (non-hydrogen) atoms. The number of aromatic amines is 1. The smallest absolute Gasteiger partial charge is 0.242 e. The lowest BCUT2D eigenvalue weighted by Gasteiger charge is -2.14. The lowest BCUT2D eigenvalue weighted by Crippen LogP contribution is -2.05. The van der Waals surface area contributed by atoms with Gasteiger partial charge in [-0.3, -0.25) is 0 Å². The summed E-state index contributed by atoms with van der Waals surface area (Å²) < 4.78 is 31.9. The van der Waals surface area contributed by atoms with Crippen molar-refractivity contribution in [3.8, 4) is 5.88 Å². The quantitative estimate of drug-likeness (QED) is 0.568. The Morgan fingerprint density at radius 1 is 0.963 bits per heavy atom. The normalized spacial score (nSPS) is 12.8. The minimum absolute atomic E-state index is 0.100. The van der Waals surface area contributed by atoms with E-state index in [0.717, 1.165) is 5.56 Å². The zero-order valence-corrected chi connectivity index (χ0v) is 15.3. The Morgan fingerprint density at radius 2 is 1.63 bits per heavy atom. The molecule has 0 saturated carbocycles. The Morgan fingerprint density at radius 3 is 2.33 bits per heavy atom. The van der Waals surface area contributed by atoms with Crippen molar-refractivity contribution < 1.29 is 13.2 Å².